The summed E-state index contributed by atoms with van der Waals surface area (Å²) in [5.74, 6) is -3.01. The maximum Gasteiger partial charge on any atom is 0.344 e. The summed E-state index contributed by atoms with van der Waals surface area (Å²) in [5, 5.41) is 19.7. The summed E-state index contributed by atoms with van der Waals surface area (Å²) >= 11 is 0. The lowest BCUT2D eigenvalue weighted by Crippen LogP contribution is -2.12. The summed E-state index contributed by atoms with van der Waals surface area (Å²) in [4.78, 5) is 21.0. The van der Waals surface area contributed by atoms with Crippen molar-refractivity contribution in [2.24, 2.45) is 0 Å². The van der Waals surface area contributed by atoms with Crippen LogP contribution in [0.1, 0.15) is 0 Å². The van der Waals surface area contributed by atoms with Crippen LogP contribution in [0.2, 0.25) is 0 Å². The molecule has 0 aliphatic carbocycles. The summed E-state index contributed by atoms with van der Waals surface area (Å²) in [6.45, 7) is 0. The molecule has 0 atom stereocenters. The molecule has 0 heterocycles. The number of nitrogen functional groups attached to an aromatic ring is 1. The van der Waals surface area contributed by atoms with E-state index >= 15 is 0 Å². The first-order valence-electron chi connectivity index (χ1n) is 4.29. The molecule has 0 aromatic heterocycles. The number of rotatable bonds is 4. The molecule has 0 amide bonds. The normalized spacial score (nSPS) is 9.25. The molecule has 0 aliphatic heterocycles. The molecule has 0 saturated carbocycles. The van der Waals surface area contributed by atoms with E-state index in [1.54, 1.807) is 24.3 Å². The first-order valence-corrected chi connectivity index (χ1v) is 4.29. The predicted octanol–water partition coefficient (Wildman–Crippen LogP) is 0.734. The highest BCUT2D eigenvalue weighted by Gasteiger charge is 2.15. The van der Waals surface area contributed by atoms with Crippen LogP contribution in [-0.4, -0.2) is 22.2 Å². The van der Waals surface area contributed by atoms with Crippen molar-refractivity contribution >= 4 is 23.3 Å². The van der Waals surface area contributed by atoms with Gasteiger partial charge in [-0.3, -0.25) is 0 Å². The molecule has 5 N–H and O–H groups in total. The Kier molecular flexibility index (Phi) is 3.49. The van der Waals surface area contributed by atoms with Crippen LogP contribution in [0.15, 0.2) is 36.0 Å². The van der Waals surface area contributed by atoms with Crippen LogP contribution >= 0.6 is 0 Å². The van der Waals surface area contributed by atoms with Gasteiger partial charge in [-0.25, -0.2) is 9.59 Å². The zero-order valence-electron chi connectivity index (χ0n) is 8.18. The maximum absolute atomic E-state index is 10.5. The molecule has 0 radical (unpaired) electrons. The van der Waals surface area contributed by atoms with Gasteiger partial charge >= 0.3 is 11.9 Å². The van der Waals surface area contributed by atoms with Crippen molar-refractivity contribution in [2.45, 2.75) is 0 Å². The highest BCUT2D eigenvalue weighted by molar-refractivity contribution is 6.12. The molecule has 84 valence electrons. The third-order valence-corrected chi connectivity index (χ3v) is 1.75. The van der Waals surface area contributed by atoms with Gasteiger partial charge in [0, 0.05) is 17.6 Å². The largest absolute Gasteiger partial charge is 0.477 e. The molecule has 1 aromatic rings. The second-order valence-electron chi connectivity index (χ2n) is 2.93. The lowest BCUT2D eigenvalue weighted by molar-refractivity contribution is -0.140. The Labute approximate surface area is 91.0 Å². The Morgan fingerprint density at radius 1 is 1.12 bits per heavy atom. The molecule has 0 fully saturated rings. The lowest BCUT2D eigenvalue weighted by atomic mass is 10.2. The molecule has 0 spiro atoms. The minimum Gasteiger partial charge on any atom is -0.477 e. The number of aliphatic carboxylic acids is 2. The Morgan fingerprint density at radius 3 is 2.06 bits per heavy atom. The van der Waals surface area contributed by atoms with Gasteiger partial charge in [-0.1, -0.05) is 0 Å². The minimum atomic E-state index is -1.50. The first kappa shape index (κ1) is 11.6. The van der Waals surface area contributed by atoms with Gasteiger partial charge in [-0.2, -0.15) is 0 Å². The fourth-order valence-corrected chi connectivity index (χ4v) is 0.950. The summed E-state index contributed by atoms with van der Waals surface area (Å²) in [5.41, 5.74) is 5.82. The Balaban J connectivity index is 2.81. The fourth-order valence-electron chi connectivity index (χ4n) is 0.950. The summed E-state index contributed by atoms with van der Waals surface area (Å²) in [6, 6.07) is 6.43. The Morgan fingerprint density at radius 2 is 1.62 bits per heavy atom. The van der Waals surface area contributed by atoms with Crippen molar-refractivity contribution in [2.75, 3.05) is 11.1 Å². The third-order valence-electron chi connectivity index (χ3n) is 1.75. The van der Waals surface area contributed by atoms with Crippen LogP contribution in [0, 0.1) is 0 Å². The van der Waals surface area contributed by atoms with E-state index in [9.17, 15) is 9.59 Å². The smallest absolute Gasteiger partial charge is 0.344 e. The molecule has 6 nitrogen and oxygen atoms in total. The molecule has 1 rings (SSSR count). The van der Waals surface area contributed by atoms with Gasteiger partial charge < -0.3 is 21.3 Å². The molecule has 0 saturated heterocycles. The molecule has 6 heteroatoms. The minimum absolute atomic E-state index is 0.550. The Hall–Kier alpha value is -2.50. The topological polar surface area (TPSA) is 113 Å². The van der Waals surface area contributed by atoms with Crippen LogP contribution in [0.4, 0.5) is 11.4 Å². The zero-order valence-corrected chi connectivity index (χ0v) is 8.18. The average Bonchev–Trinajstić information content (AvgIpc) is 2.20. The highest BCUT2D eigenvalue weighted by atomic mass is 16.4. The molecule has 0 aliphatic rings. The maximum atomic E-state index is 10.5. The van der Waals surface area contributed by atoms with Gasteiger partial charge in [-0.15, -0.1) is 0 Å². The van der Waals surface area contributed by atoms with Gasteiger partial charge in [0.15, 0.2) is 5.57 Å². The number of carboxylic acids is 2. The van der Waals surface area contributed by atoms with E-state index in [1.807, 2.05) is 0 Å². The van der Waals surface area contributed by atoms with Gasteiger partial charge in [-0.05, 0) is 24.3 Å². The second-order valence-corrected chi connectivity index (χ2v) is 2.93. The lowest BCUT2D eigenvalue weighted by Gasteiger charge is -2.02. The molecular formula is C10H10N2O4. The van der Waals surface area contributed by atoms with Crippen molar-refractivity contribution in [1.82, 2.24) is 0 Å². The number of benzene rings is 1. The van der Waals surface area contributed by atoms with E-state index in [4.69, 9.17) is 15.9 Å². The first-order chi connectivity index (χ1) is 7.50. The third kappa shape index (κ3) is 3.02. The molecule has 1 aromatic carbocycles. The summed E-state index contributed by atoms with van der Waals surface area (Å²) in [6.07, 6.45) is 0.913. The van der Waals surface area contributed by atoms with Crippen LogP contribution in [0.5, 0.6) is 0 Å². The predicted molar refractivity (Wildman–Crippen MR) is 57.8 cm³/mol. The van der Waals surface area contributed by atoms with Gasteiger partial charge in [0.25, 0.3) is 0 Å². The summed E-state index contributed by atoms with van der Waals surface area (Å²) < 4.78 is 0. The number of carboxylic acid groups (broad SMARTS) is 2. The Bertz CT molecular complexity index is 421. The van der Waals surface area contributed by atoms with Gasteiger partial charge in [0.1, 0.15) is 0 Å². The molecular weight excluding hydrogens is 212 g/mol. The van der Waals surface area contributed by atoms with Crippen LogP contribution in [0.25, 0.3) is 0 Å². The molecule has 0 bridgehead atoms. The number of hydrogen-bond donors (Lipinski definition) is 4. The monoisotopic (exact) mass is 222 g/mol. The van der Waals surface area contributed by atoms with Crippen LogP contribution < -0.4 is 11.1 Å². The standard InChI is InChI=1S/C10H10N2O4/c11-6-1-3-7(4-2-6)12-5-8(9(13)14)10(15)16/h1-5,12H,11H2,(H,13,14)(H,15,16). The van der Waals surface area contributed by atoms with Gasteiger partial charge in [0.05, 0.1) is 0 Å². The van der Waals surface area contributed by atoms with Crippen molar-refractivity contribution in [3.63, 3.8) is 0 Å². The van der Waals surface area contributed by atoms with E-state index in [0.717, 1.165) is 6.20 Å². The second kappa shape index (κ2) is 4.83. The average molecular weight is 222 g/mol. The number of hydrogen-bond acceptors (Lipinski definition) is 4. The quantitative estimate of drug-likeness (QED) is 0.258. The van der Waals surface area contributed by atoms with Crippen LogP contribution in [-0.2, 0) is 9.59 Å². The van der Waals surface area contributed by atoms with E-state index in [-0.39, 0.29) is 0 Å². The zero-order chi connectivity index (χ0) is 12.1. The summed E-state index contributed by atoms with van der Waals surface area (Å²) in [7, 11) is 0. The number of nitrogens with two attached hydrogens (primary N) is 1. The van der Waals surface area contributed by atoms with E-state index in [0.29, 0.717) is 11.4 Å². The molecule has 0 unspecified atom stereocenters. The number of nitrogens with one attached hydrogen (secondary N) is 1. The number of carbonyl (C=O) groups is 2. The molecule has 16 heavy (non-hydrogen) atoms. The van der Waals surface area contributed by atoms with Crippen LogP contribution in [0.3, 0.4) is 0 Å². The van der Waals surface area contributed by atoms with Crippen molar-refractivity contribution in [3.8, 4) is 0 Å². The van der Waals surface area contributed by atoms with Crippen molar-refractivity contribution in [1.29, 1.82) is 0 Å². The highest BCUT2D eigenvalue weighted by Crippen LogP contribution is 2.10. The number of anilines is 2. The van der Waals surface area contributed by atoms with Gasteiger partial charge in [0.2, 0.25) is 0 Å². The van der Waals surface area contributed by atoms with Crippen molar-refractivity contribution in [3.05, 3.63) is 36.0 Å². The van der Waals surface area contributed by atoms with E-state index in [2.05, 4.69) is 5.32 Å². The van der Waals surface area contributed by atoms with Crippen molar-refractivity contribution < 1.29 is 19.8 Å². The SMILES string of the molecule is Nc1ccc(NC=C(C(=O)O)C(=O)O)cc1. The van der Waals surface area contributed by atoms with E-state index < -0.39 is 17.5 Å². The fraction of sp³-hybridized carbons (Fsp3) is 0. The van der Waals surface area contributed by atoms with E-state index in [1.165, 1.54) is 0 Å².